The number of hydrogen-bond acceptors (Lipinski definition) is 2. The summed E-state index contributed by atoms with van der Waals surface area (Å²) < 4.78 is 6.56. The van der Waals surface area contributed by atoms with Crippen molar-refractivity contribution in [1.82, 2.24) is 0 Å². The van der Waals surface area contributed by atoms with Gasteiger partial charge in [0.2, 0.25) is 0 Å². The van der Waals surface area contributed by atoms with Crippen molar-refractivity contribution in [2.45, 2.75) is 19.4 Å². The zero-order valence-electron chi connectivity index (χ0n) is 11.0. The van der Waals surface area contributed by atoms with Gasteiger partial charge in [0.15, 0.2) is 6.10 Å². The van der Waals surface area contributed by atoms with E-state index < -0.39 is 12.1 Å². The van der Waals surface area contributed by atoms with Gasteiger partial charge in [-0.15, -0.1) is 0 Å². The Morgan fingerprint density at radius 1 is 1.25 bits per heavy atom. The normalized spacial score (nSPS) is 11.9. The van der Waals surface area contributed by atoms with Crippen molar-refractivity contribution in [3.8, 4) is 5.75 Å². The first-order valence-corrected chi connectivity index (χ1v) is 7.05. The Morgan fingerprint density at radius 3 is 2.65 bits per heavy atom. The third-order valence-electron chi connectivity index (χ3n) is 2.95. The molecule has 4 heteroatoms. The topological polar surface area (TPSA) is 46.5 Å². The number of aryl methyl sites for hydroxylation is 1. The molecule has 2 aromatic carbocycles. The zero-order valence-corrected chi connectivity index (χ0v) is 12.6. The summed E-state index contributed by atoms with van der Waals surface area (Å²) >= 11 is 3.38. The SMILES string of the molecule is Cc1ccccc1O[C@@H](Cc1cccc(Br)c1)C(=O)O. The quantitative estimate of drug-likeness (QED) is 0.903. The molecule has 0 aliphatic carbocycles. The zero-order chi connectivity index (χ0) is 14.5. The van der Waals surface area contributed by atoms with Crippen LogP contribution in [0.15, 0.2) is 53.0 Å². The highest BCUT2D eigenvalue weighted by Gasteiger charge is 2.20. The number of benzene rings is 2. The molecule has 1 atom stereocenters. The standard InChI is InChI=1S/C16H15BrO3/c1-11-5-2-3-8-14(11)20-15(16(18)19)10-12-6-4-7-13(17)9-12/h2-9,15H,10H2,1H3,(H,18,19)/t15-/m0/s1. The van der Waals surface area contributed by atoms with Crippen LogP contribution in [0, 0.1) is 6.92 Å². The van der Waals surface area contributed by atoms with Gasteiger partial charge in [-0.05, 0) is 36.2 Å². The van der Waals surface area contributed by atoms with Crippen LogP contribution in [-0.4, -0.2) is 17.2 Å². The minimum Gasteiger partial charge on any atom is -0.478 e. The summed E-state index contributed by atoms with van der Waals surface area (Å²) in [6.45, 7) is 1.90. The molecule has 0 radical (unpaired) electrons. The van der Waals surface area contributed by atoms with E-state index in [2.05, 4.69) is 15.9 Å². The number of carboxylic acid groups (broad SMARTS) is 1. The molecule has 3 nitrogen and oxygen atoms in total. The number of aliphatic carboxylic acids is 1. The summed E-state index contributed by atoms with van der Waals surface area (Å²) in [7, 11) is 0. The molecule has 104 valence electrons. The number of ether oxygens (including phenoxy) is 1. The number of halogens is 1. The number of rotatable bonds is 5. The number of para-hydroxylation sites is 1. The molecule has 0 aliphatic heterocycles. The fraction of sp³-hybridized carbons (Fsp3) is 0.188. The Bertz CT molecular complexity index is 610. The van der Waals surface area contributed by atoms with E-state index in [0.717, 1.165) is 15.6 Å². The van der Waals surface area contributed by atoms with Crippen molar-refractivity contribution in [3.05, 3.63) is 64.1 Å². The predicted molar refractivity (Wildman–Crippen MR) is 81.1 cm³/mol. The molecule has 0 heterocycles. The van der Waals surface area contributed by atoms with Crippen LogP contribution in [0.2, 0.25) is 0 Å². The fourth-order valence-electron chi connectivity index (χ4n) is 1.90. The fourth-order valence-corrected chi connectivity index (χ4v) is 2.35. The Kier molecular flexibility index (Phi) is 4.79. The van der Waals surface area contributed by atoms with Gasteiger partial charge in [0, 0.05) is 10.9 Å². The van der Waals surface area contributed by atoms with Gasteiger partial charge in [-0.1, -0.05) is 46.3 Å². The lowest BCUT2D eigenvalue weighted by Gasteiger charge is -2.16. The van der Waals surface area contributed by atoms with Crippen molar-refractivity contribution < 1.29 is 14.6 Å². The Hall–Kier alpha value is -1.81. The first-order chi connectivity index (χ1) is 9.56. The predicted octanol–water partition coefficient (Wildman–Crippen LogP) is 3.83. The van der Waals surface area contributed by atoms with Crippen LogP contribution >= 0.6 is 15.9 Å². The van der Waals surface area contributed by atoms with Gasteiger partial charge in [-0.25, -0.2) is 4.79 Å². The molecule has 0 aromatic heterocycles. The Morgan fingerprint density at radius 2 is 2.00 bits per heavy atom. The monoisotopic (exact) mass is 334 g/mol. The van der Waals surface area contributed by atoms with E-state index in [1.165, 1.54) is 0 Å². The summed E-state index contributed by atoms with van der Waals surface area (Å²) in [5.41, 5.74) is 1.84. The van der Waals surface area contributed by atoms with Gasteiger partial charge in [0.25, 0.3) is 0 Å². The van der Waals surface area contributed by atoms with Gasteiger partial charge in [-0.2, -0.15) is 0 Å². The highest BCUT2D eigenvalue weighted by atomic mass is 79.9. The van der Waals surface area contributed by atoms with Crippen LogP contribution < -0.4 is 4.74 Å². The van der Waals surface area contributed by atoms with Gasteiger partial charge in [-0.3, -0.25) is 0 Å². The first kappa shape index (κ1) is 14.6. The Balaban J connectivity index is 2.16. The lowest BCUT2D eigenvalue weighted by atomic mass is 10.1. The van der Waals surface area contributed by atoms with E-state index in [1.54, 1.807) is 6.07 Å². The highest BCUT2D eigenvalue weighted by molar-refractivity contribution is 9.10. The van der Waals surface area contributed by atoms with E-state index >= 15 is 0 Å². The first-order valence-electron chi connectivity index (χ1n) is 6.26. The maximum atomic E-state index is 11.4. The number of carbonyl (C=O) groups is 1. The smallest absolute Gasteiger partial charge is 0.345 e. The molecule has 0 amide bonds. The van der Waals surface area contributed by atoms with Crippen LogP contribution in [0.4, 0.5) is 0 Å². The van der Waals surface area contributed by atoms with Gasteiger partial charge in [0.1, 0.15) is 5.75 Å². The molecule has 0 unspecified atom stereocenters. The molecule has 20 heavy (non-hydrogen) atoms. The highest BCUT2D eigenvalue weighted by Crippen LogP contribution is 2.20. The largest absolute Gasteiger partial charge is 0.478 e. The summed E-state index contributed by atoms with van der Waals surface area (Å²) in [6.07, 6.45) is -0.575. The van der Waals surface area contributed by atoms with E-state index in [9.17, 15) is 9.90 Å². The van der Waals surface area contributed by atoms with Crippen LogP contribution in [-0.2, 0) is 11.2 Å². The third-order valence-corrected chi connectivity index (χ3v) is 3.44. The van der Waals surface area contributed by atoms with Gasteiger partial charge >= 0.3 is 5.97 Å². The molecule has 0 aliphatic rings. The van der Waals surface area contributed by atoms with Crippen LogP contribution in [0.25, 0.3) is 0 Å². The molecule has 0 fully saturated rings. The minimum atomic E-state index is -0.965. The Labute approximate surface area is 126 Å². The van der Waals surface area contributed by atoms with Crippen LogP contribution in [0.1, 0.15) is 11.1 Å². The third kappa shape index (κ3) is 3.84. The average Bonchev–Trinajstić information content (AvgIpc) is 2.40. The van der Waals surface area contributed by atoms with E-state index in [1.807, 2.05) is 49.4 Å². The van der Waals surface area contributed by atoms with Gasteiger partial charge < -0.3 is 9.84 Å². The van der Waals surface area contributed by atoms with Crippen molar-refractivity contribution in [2.24, 2.45) is 0 Å². The second-order valence-corrected chi connectivity index (χ2v) is 5.46. The van der Waals surface area contributed by atoms with Crippen molar-refractivity contribution in [3.63, 3.8) is 0 Å². The second kappa shape index (κ2) is 6.57. The molecule has 0 bridgehead atoms. The minimum absolute atomic E-state index is 0.323. The van der Waals surface area contributed by atoms with Crippen molar-refractivity contribution in [1.29, 1.82) is 0 Å². The van der Waals surface area contributed by atoms with E-state index in [-0.39, 0.29) is 0 Å². The van der Waals surface area contributed by atoms with Crippen molar-refractivity contribution >= 4 is 21.9 Å². The molecule has 1 N–H and O–H groups in total. The molecular weight excluding hydrogens is 320 g/mol. The van der Waals surface area contributed by atoms with E-state index in [0.29, 0.717) is 12.2 Å². The maximum absolute atomic E-state index is 11.4. The lowest BCUT2D eigenvalue weighted by Crippen LogP contribution is -2.29. The summed E-state index contributed by atoms with van der Waals surface area (Å²) in [4.78, 5) is 11.4. The molecule has 0 saturated carbocycles. The molecular formula is C16H15BrO3. The van der Waals surface area contributed by atoms with Crippen molar-refractivity contribution in [2.75, 3.05) is 0 Å². The lowest BCUT2D eigenvalue weighted by molar-refractivity contribution is -0.145. The number of hydrogen-bond donors (Lipinski definition) is 1. The summed E-state index contributed by atoms with van der Waals surface area (Å²) in [5.74, 6) is -0.358. The second-order valence-electron chi connectivity index (χ2n) is 4.54. The van der Waals surface area contributed by atoms with E-state index in [4.69, 9.17) is 4.74 Å². The van der Waals surface area contributed by atoms with Crippen LogP contribution in [0.5, 0.6) is 5.75 Å². The number of carboxylic acids is 1. The molecule has 2 rings (SSSR count). The molecule has 2 aromatic rings. The van der Waals surface area contributed by atoms with Gasteiger partial charge in [0.05, 0.1) is 0 Å². The maximum Gasteiger partial charge on any atom is 0.345 e. The van der Waals surface area contributed by atoms with Crippen LogP contribution in [0.3, 0.4) is 0 Å². The summed E-state index contributed by atoms with van der Waals surface area (Å²) in [6, 6.07) is 15.0. The summed E-state index contributed by atoms with van der Waals surface area (Å²) in [5, 5.41) is 9.32. The molecule has 0 saturated heterocycles. The average molecular weight is 335 g/mol. The molecule has 0 spiro atoms.